The van der Waals surface area contributed by atoms with Gasteiger partial charge in [-0.2, -0.15) is 4.72 Å². The van der Waals surface area contributed by atoms with Crippen molar-refractivity contribution < 1.29 is 32.3 Å². The molecule has 0 saturated heterocycles. The normalized spacial score (nSPS) is 12.6. The van der Waals surface area contributed by atoms with Gasteiger partial charge in [-0.25, -0.2) is 13.2 Å². The van der Waals surface area contributed by atoms with Crippen LogP contribution in [0.2, 0.25) is 0 Å². The number of primary amides is 1. The number of carbonyl (C=O) groups is 3. The zero-order valence-corrected chi connectivity index (χ0v) is 13.1. The number of hydrogen-bond donors (Lipinski definition) is 4. The molecule has 128 valence electrons. The Balaban J connectivity index is 2.84. The minimum Gasteiger partial charge on any atom is -0.480 e. The van der Waals surface area contributed by atoms with Crippen LogP contribution in [0.15, 0.2) is 21.6 Å². The van der Waals surface area contributed by atoms with Crippen LogP contribution in [0.5, 0.6) is 0 Å². The van der Waals surface area contributed by atoms with Crippen LogP contribution in [0.1, 0.15) is 30.3 Å². The molecule has 1 atom stereocenters. The molecule has 1 unspecified atom stereocenters. The SMILES string of the molecule is CCCC(NC(=O)c1ccc(S(=O)(=O)NCC(N)=O)o1)C(=O)O. The van der Waals surface area contributed by atoms with Crippen molar-refractivity contribution >= 4 is 27.8 Å². The van der Waals surface area contributed by atoms with Crippen molar-refractivity contribution in [3.8, 4) is 0 Å². The molecule has 0 aliphatic carbocycles. The summed E-state index contributed by atoms with van der Waals surface area (Å²) in [7, 11) is -4.14. The molecule has 1 aromatic heterocycles. The monoisotopic (exact) mass is 347 g/mol. The van der Waals surface area contributed by atoms with Gasteiger partial charge in [-0.3, -0.25) is 9.59 Å². The van der Waals surface area contributed by atoms with Crippen molar-refractivity contribution in [3.63, 3.8) is 0 Å². The smallest absolute Gasteiger partial charge is 0.326 e. The lowest BCUT2D eigenvalue weighted by Crippen LogP contribution is -2.40. The average molecular weight is 347 g/mol. The van der Waals surface area contributed by atoms with Gasteiger partial charge in [0.2, 0.25) is 11.0 Å². The highest BCUT2D eigenvalue weighted by atomic mass is 32.2. The van der Waals surface area contributed by atoms with Gasteiger partial charge in [0.05, 0.1) is 6.54 Å². The zero-order valence-electron chi connectivity index (χ0n) is 12.2. The van der Waals surface area contributed by atoms with Crippen LogP contribution < -0.4 is 15.8 Å². The number of rotatable bonds is 9. The van der Waals surface area contributed by atoms with Gasteiger partial charge in [0, 0.05) is 0 Å². The van der Waals surface area contributed by atoms with Crippen molar-refractivity contribution in [2.45, 2.75) is 30.9 Å². The first-order chi connectivity index (χ1) is 10.7. The number of carbonyl (C=O) groups excluding carboxylic acids is 2. The standard InChI is InChI=1S/C12H17N3O7S/c1-2-3-7(12(18)19)15-11(17)8-4-5-10(22-8)23(20,21)14-6-9(13)16/h4-5,7,14H,2-3,6H2,1H3,(H2,13,16)(H,15,17)(H,18,19). The molecule has 1 heterocycles. The Hall–Kier alpha value is -2.40. The van der Waals surface area contributed by atoms with Gasteiger partial charge in [-0.1, -0.05) is 13.3 Å². The highest BCUT2D eigenvalue weighted by molar-refractivity contribution is 7.89. The maximum Gasteiger partial charge on any atom is 0.326 e. The van der Waals surface area contributed by atoms with Crippen molar-refractivity contribution in [3.05, 3.63) is 17.9 Å². The summed E-state index contributed by atoms with van der Waals surface area (Å²) in [5.41, 5.74) is 4.83. The molecule has 5 N–H and O–H groups in total. The fraction of sp³-hybridized carbons (Fsp3) is 0.417. The van der Waals surface area contributed by atoms with Gasteiger partial charge in [0.1, 0.15) is 6.04 Å². The third kappa shape index (κ3) is 5.38. The first-order valence-corrected chi connectivity index (χ1v) is 8.07. The van der Waals surface area contributed by atoms with Crippen molar-refractivity contribution in [2.75, 3.05) is 6.54 Å². The van der Waals surface area contributed by atoms with E-state index in [1.54, 1.807) is 6.92 Å². The first-order valence-electron chi connectivity index (χ1n) is 6.58. The number of carboxylic acids is 1. The van der Waals surface area contributed by atoms with Gasteiger partial charge in [0.25, 0.3) is 15.9 Å². The highest BCUT2D eigenvalue weighted by Crippen LogP contribution is 2.14. The van der Waals surface area contributed by atoms with Gasteiger partial charge >= 0.3 is 5.97 Å². The quantitative estimate of drug-likeness (QED) is 0.445. The molecular formula is C12H17N3O7S. The van der Waals surface area contributed by atoms with E-state index in [1.165, 1.54) is 0 Å². The number of sulfonamides is 1. The maximum absolute atomic E-state index is 11.9. The second kappa shape index (κ2) is 7.74. The fourth-order valence-corrected chi connectivity index (χ4v) is 2.52. The van der Waals surface area contributed by atoms with Crippen LogP contribution in [0.4, 0.5) is 0 Å². The summed E-state index contributed by atoms with van der Waals surface area (Å²) in [6, 6.07) is 0.984. The summed E-state index contributed by atoms with van der Waals surface area (Å²) < 4.78 is 30.3. The van der Waals surface area contributed by atoms with E-state index in [0.29, 0.717) is 6.42 Å². The summed E-state index contributed by atoms with van der Waals surface area (Å²) >= 11 is 0. The molecule has 0 radical (unpaired) electrons. The van der Waals surface area contributed by atoms with Gasteiger partial charge in [-0.05, 0) is 18.6 Å². The summed E-state index contributed by atoms with van der Waals surface area (Å²) in [4.78, 5) is 33.4. The van der Waals surface area contributed by atoms with E-state index >= 15 is 0 Å². The van der Waals surface area contributed by atoms with E-state index in [1.807, 2.05) is 4.72 Å². The number of hydrogen-bond acceptors (Lipinski definition) is 6. The predicted octanol–water partition coefficient (Wildman–Crippen LogP) is -0.974. The molecule has 1 aromatic rings. The van der Waals surface area contributed by atoms with E-state index in [2.05, 4.69) is 5.32 Å². The lowest BCUT2D eigenvalue weighted by molar-refractivity contribution is -0.139. The molecule has 0 aromatic carbocycles. The molecule has 0 fully saturated rings. The number of aliphatic carboxylic acids is 1. The number of carboxylic acid groups (broad SMARTS) is 1. The predicted molar refractivity (Wildman–Crippen MR) is 76.9 cm³/mol. The van der Waals surface area contributed by atoms with Crippen molar-refractivity contribution in [1.82, 2.24) is 10.0 Å². The molecule has 23 heavy (non-hydrogen) atoms. The molecule has 0 saturated carbocycles. The molecule has 0 aliphatic heterocycles. The van der Waals surface area contributed by atoms with E-state index in [4.69, 9.17) is 15.3 Å². The van der Waals surface area contributed by atoms with Crippen LogP contribution in [0, 0.1) is 0 Å². The Kier molecular flexibility index (Phi) is 6.28. The van der Waals surface area contributed by atoms with Crippen LogP contribution in [0.25, 0.3) is 0 Å². The Morgan fingerprint density at radius 1 is 1.35 bits per heavy atom. The number of nitrogens with one attached hydrogen (secondary N) is 2. The van der Waals surface area contributed by atoms with E-state index in [9.17, 15) is 22.8 Å². The summed E-state index contributed by atoms with van der Waals surface area (Å²) in [5.74, 6) is -3.32. The molecule has 0 spiro atoms. The van der Waals surface area contributed by atoms with Crippen molar-refractivity contribution in [2.24, 2.45) is 5.73 Å². The first kappa shape index (κ1) is 18.6. The Morgan fingerprint density at radius 3 is 2.52 bits per heavy atom. The second-order valence-electron chi connectivity index (χ2n) is 4.56. The fourth-order valence-electron chi connectivity index (χ4n) is 1.60. The Labute approximate surface area is 132 Å². The van der Waals surface area contributed by atoms with Crippen LogP contribution in [-0.4, -0.2) is 43.9 Å². The van der Waals surface area contributed by atoms with E-state index in [0.717, 1.165) is 12.1 Å². The number of nitrogens with two attached hydrogens (primary N) is 1. The number of amides is 2. The lowest BCUT2D eigenvalue weighted by Gasteiger charge is -2.12. The summed E-state index contributed by atoms with van der Waals surface area (Å²) in [6.07, 6.45) is 0.749. The van der Waals surface area contributed by atoms with E-state index < -0.39 is 45.5 Å². The number of furan rings is 1. The second-order valence-corrected chi connectivity index (χ2v) is 6.26. The average Bonchev–Trinajstić information content (AvgIpc) is 2.95. The Morgan fingerprint density at radius 2 is 2.00 bits per heavy atom. The Bertz CT molecular complexity index is 695. The van der Waals surface area contributed by atoms with Gasteiger partial charge in [-0.15, -0.1) is 0 Å². The largest absolute Gasteiger partial charge is 0.480 e. The summed E-state index contributed by atoms with van der Waals surface area (Å²) in [6.45, 7) is 1.13. The third-order valence-corrected chi connectivity index (χ3v) is 3.96. The molecule has 11 heteroatoms. The van der Waals surface area contributed by atoms with Gasteiger partial charge in [0.15, 0.2) is 5.76 Å². The lowest BCUT2D eigenvalue weighted by atomic mass is 10.1. The molecular weight excluding hydrogens is 330 g/mol. The van der Waals surface area contributed by atoms with Crippen molar-refractivity contribution in [1.29, 1.82) is 0 Å². The summed E-state index contributed by atoms with van der Waals surface area (Å²) in [5, 5.41) is 10.6. The molecule has 1 rings (SSSR count). The molecule has 10 nitrogen and oxygen atoms in total. The highest BCUT2D eigenvalue weighted by Gasteiger charge is 2.24. The van der Waals surface area contributed by atoms with E-state index in [-0.39, 0.29) is 12.2 Å². The van der Waals surface area contributed by atoms with Crippen LogP contribution in [-0.2, 0) is 19.6 Å². The molecule has 0 aliphatic rings. The minimum atomic E-state index is -4.14. The minimum absolute atomic E-state index is 0.215. The van der Waals surface area contributed by atoms with Crippen LogP contribution >= 0.6 is 0 Å². The van der Waals surface area contributed by atoms with Crippen LogP contribution in [0.3, 0.4) is 0 Å². The molecule has 0 bridgehead atoms. The topological polar surface area (TPSA) is 169 Å². The maximum atomic E-state index is 11.9. The zero-order chi connectivity index (χ0) is 17.6. The third-order valence-electron chi connectivity index (χ3n) is 2.69. The molecule has 2 amide bonds. The van der Waals surface area contributed by atoms with Gasteiger partial charge < -0.3 is 20.6 Å².